The van der Waals surface area contributed by atoms with Crippen LogP contribution in [0, 0.1) is 0 Å². The van der Waals surface area contributed by atoms with Gasteiger partial charge in [-0.3, -0.25) is 18.9 Å². The van der Waals surface area contributed by atoms with Crippen LogP contribution < -0.4 is 10.9 Å². The molecule has 1 unspecified atom stereocenters. The molecule has 0 spiro atoms. The fourth-order valence-corrected chi connectivity index (χ4v) is 6.57. The minimum atomic E-state index is -1.06. The molecule has 14 heteroatoms. The van der Waals surface area contributed by atoms with Crippen LogP contribution in [0.25, 0.3) is 33.6 Å². The van der Waals surface area contributed by atoms with Crippen molar-refractivity contribution in [1.29, 1.82) is 0 Å². The van der Waals surface area contributed by atoms with Gasteiger partial charge in [-0.25, -0.2) is 14.8 Å². The summed E-state index contributed by atoms with van der Waals surface area (Å²) in [7, 11) is 1.77. The molecule has 250 valence electrons. The van der Waals surface area contributed by atoms with Gasteiger partial charge in [-0.1, -0.05) is 48.0 Å². The first kappa shape index (κ1) is 32.0. The van der Waals surface area contributed by atoms with E-state index in [1.807, 2.05) is 42.5 Å². The van der Waals surface area contributed by atoms with Gasteiger partial charge in [0.2, 0.25) is 0 Å². The fourth-order valence-electron chi connectivity index (χ4n) is 6.33. The fraction of sp³-hybridized carbons (Fsp3) is 0.382. The number of hydrogen-bond donors (Lipinski definition) is 2. The monoisotopic (exact) mass is 673 g/mol. The number of nitrogens with one attached hydrogen (secondary N) is 1. The highest BCUT2D eigenvalue weighted by atomic mass is 35.5. The lowest BCUT2D eigenvalue weighted by atomic mass is 9.91. The largest absolute Gasteiger partial charge is 0.445 e. The van der Waals surface area contributed by atoms with Crippen molar-refractivity contribution in [1.82, 2.24) is 34.5 Å². The molecule has 0 aliphatic carbocycles. The van der Waals surface area contributed by atoms with Gasteiger partial charge in [0.05, 0.1) is 43.0 Å². The zero-order valence-corrected chi connectivity index (χ0v) is 27.2. The number of benzene rings is 2. The molecule has 0 bridgehead atoms. The molecule has 5 aromatic rings. The molecule has 2 aliphatic rings. The van der Waals surface area contributed by atoms with Crippen molar-refractivity contribution in [3.8, 4) is 22.6 Å². The minimum absolute atomic E-state index is 0.0157. The van der Waals surface area contributed by atoms with E-state index in [-0.39, 0.29) is 30.3 Å². The maximum atomic E-state index is 13.6. The van der Waals surface area contributed by atoms with Crippen molar-refractivity contribution in [3.05, 3.63) is 87.9 Å². The normalized spacial score (nSPS) is 17.9. The number of aryl methyl sites for hydroxylation is 1. The third-order valence-electron chi connectivity index (χ3n) is 9.08. The predicted octanol–water partition coefficient (Wildman–Crippen LogP) is 4.15. The molecule has 2 fully saturated rings. The zero-order chi connectivity index (χ0) is 33.3. The number of alkyl carbamates (subject to hydrolysis) is 1. The van der Waals surface area contributed by atoms with Crippen LogP contribution in [0.2, 0.25) is 5.02 Å². The van der Waals surface area contributed by atoms with E-state index in [4.69, 9.17) is 25.5 Å². The van der Waals surface area contributed by atoms with Crippen molar-refractivity contribution < 1.29 is 23.8 Å². The highest BCUT2D eigenvalue weighted by molar-refractivity contribution is 6.31. The van der Waals surface area contributed by atoms with E-state index < -0.39 is 11.7 Å². The average Bonchev–Trinajstić information content (AvgIpc) is 3.86. The van der Waals surface area contributed by atoms with Gasteiger partial charge in [0.15, 0.2) is 17.7 Å². The molecule has 2 saturated heterocycles. The van der Waals surface area contributed by atoms with Gasteiger partial charge in [-0.05, 0) is 36.5 Å². The Kier molecular flexibility index (Phi) is 9.01. The summed E-state index contributed by atoms with van der Waals surface area (Å²) in [6, 6.07) is 13.3. The highest BCUT2D eigenvalue weighted by Crippen LogP contribution is 2.30. The average molecular weight is 674 g/mol. The molecular formula is C34H36ClN7O6. The van der Waals surface area contributed by atoms with Crippen LogP contribution in [0.5, 0.6) is 0 Å². The maximum Gasteiger partial charge on any atom is 0.407 e. The lowest BCUT2D eigenvalue weighted by Gasteiger charge is -2.38. The van der Waals surface area contributed by atoms with E-state index in [9.17, 15) is 14.7 Å². The number of rotatable bonds is 9. The molecule has 5 heterocycles. The molecular weight excluding hydrogens is 638 g/mol. The van der Waals surface area contributed by atoms with Crippen LogP contribution in [0.3, 0.4) is 0 Å². The van der Waals surface area contributed by atoms with E-state index in [1.54, 1.807) is 17.9 Å². The molecule has 48 heavy (non-hydrogen) atoms. The summed E-state index contributed by atoms with van der Waals surface area (Å²) in [5, 5.41) is 19.4. The van der Waals surface area contributed by atoms with E-state index >= 15 is 0 Å². The molecule has 1 amide bonds. The Balaban J connectivity index is 0.979. The van der Waals surface area contributed by atoms with Gasteiger partial charge in [0.25, 0.3) is 5.56 Å². The maximum absolute atomic E-state index is 13.6. The van der Waals surface area contributed by atoms with Gasteiger partial charge in [-0.15, -0.1) is 0 Å². The molecule has 0 saturated carbocycles. The predicted molar refractivity (Wildman–Crippen MR) is 177 cm³/mol. The second-order valence-electron chi connectivity index (χ2n) is 12.5. The van der Waals surface area contributed by atoms with Crippen LogP contribution in [-0.2, 0) is 36.2 Å². The lowest BCUT2D eigenvalue weighted by molar-refractivity contribution is -0.0364. The first-order valence-corrected chi connectivity index (χ1v) is 16.3. The Bertz CT molecular complexity index is 1960. The Morgan fingerprint density at radius 1 is 1.15 bits per heavy atom. The van der Waals surface area contributed by atoms with Gasteiger partial charge in [0, 0.05) is 49.4 Å². The highest BCUT2D eigenvalue weighted by Gasteiger charge is 2.34. The third-order valence-corrected chi connectivity index (χ3v) is 9.43. The number of nitrogens with zero attached hydrogens (tertiary/aromatic N) is 6. The van der Waals surface area contributed by atoms with Crippen molar-refractivity contribution in [3.63, 3.8) is 0 Å². The molecule has 3 aromatic heterocycles. The number of likely N-dealkylation sites (tertiary alicyclic amines) is 1. The SMILES string of the molecule is Cn1nc2c(=O)n(CC3(O)CCN(Cc4ccc(-c5cnco5)cc4Cl)CC3)cnc2c1-c1ccc(COC(=O)NC2CCOC2)cc1. The summed E-state index contributed by atoms with van der Waals surface area (Å²) in [5.74, 6) is 0.658. The quantitative estimate of drug-likeness (QED) is 0.234. The number of amides is 1. The van der Waals surface area contributed by atoms with E-state index in [1.165, 1.54) is 17.3 Å². The van der Waals surface area contributed by atoms with Gasteiger partial charge in [-0.2, -0.15) is 5.10 Å². The van der Waals surface area contributed by atoms with Crippen LogP contribution >= 0.6 is 11.6 Å². The van der Waals surface area contributed by atoms with Gasteiger partial charge in [0.1, 0.15) is 12.1 Å². The second kappa shape index (κ2) is 13.5. The number of hydrogen-bond acceptors (Lipinski definition) is 10. The Hall–Kier alpha value is -4.56. The summed E-state index contributed by atoms with van der Waals surface area (Å²) in [4.78, 5) is 36.5. The number of halogens is 1. The second-order valence-corrected chi connectivity index (χ2v) is 12.9. The molecule has 7 rings (SSSR count). The zero-order valence-electron chi connectivity index (χ0n) is 26.5. The Morgan fingerprint density at radius 3 is 2.65 bits per heavy atom. The van der Waals surface area contributed by atoms with Crippen LogP contribution in [0.4, 0.5) is 4.79 Å². The topological polar surface area (TPSA) is 150 Å². The molecule has 2 aromatic carbocycles. The van der Waals surface area contributed by atoms with Crippen molar-refractivity contribution in [2.75, 3.05) is 26.3 Å². The number of aromatic nitrogens is 5. The Morgan fingerprint density at radius 2 is 1.94 bits per heavy atom. The number of carbonyl (C=O) groups is 1. The standard InChI is InChI=1S/C34H36ClN7O6/c1-40-31(23-4-2-22(3-5-23)17-47-33(44)38-26-8-13-46-18-26)29-30(39-40)32(43)42(20-37-29)19-34(45)9-11-41(12-10-34)16-25-7-6-24(14-27(25)35)28-15-36-21-48-28/h2-7,14-15,20-21,26,45H,8-13,16-19H2,1H3,(H,38,44). The molecule has 13 nitrogen and oxygen atoms in total. The van der Waals surface area contributed by atoms with Crippen molar-refractivity contribution in [2.24, 2.45) is 7.05 Å². The summed E-state index contributed by atoms with van der Waals surface area (Å²) in [5.41, 5.74) is 3.53. The van der Waals surface area contributed by atoms with Crippen LogP contribution in [-0.4, -0.2) is 78.4 Å². The summed E-state index contributed by atoms with van der Waals surface area (Å²) < 4.78 is 19.1. The smallest absolute Gasteiger partial charge is 0.407 e. The first-order chi connectivity index (χ1) is 23.2. The van der Waals surface area contributed by atoms with Gasteiger partial charge >= 0.3 is 6.09 Å². The van der Waals surface area contributed by atoms with E-state index in [0.29, 0.717) is 67.7 Å². The Labute approximate surface area is 281 Å². The molecule has 0 radical (unpaired) electrons. The summed E-state index contributed by atoms with van der Waals surface area (Å²) in [6.45, 7) is 3.33. The number of piperidine rings is 1. The van der Waals surface area contributed by atoms with E-state index in [0.717, 1.165) is 28.7 Å². The number of carbonyl (C=O) groups excluding carboxylic acids is 1. The number of fused-ring (bicyclic) bond motifs is 1. The first-order valence-electron chi connectivity index (χ1n) is 15.9. The van der Waals surface area contributed by atoms with Gasteiger partial charge < -0.3 is 24.3 Å². The summed E-state index contributed by atoms with van der Waals surface area (Å²) >= 11 is 6.59. The number of ether oxygens (including phenoxy) is 2. The minimum Gasteiger partial charge on any atom is -0.445 e. The van der Waals surface area contributed by atoms with Crippen LogP contribution in [0.1, 0.15) is 30.4 Å². The third kappa shape index (κ3) is 6.85. The van der Waals surface area contributed by atoms with Crippen LogP contribution in [0.15, 0.2) is 70.6 Å². The lowest BCUT2D eigenvalue weighted by Crippen LogP contribution is -2.47. The van der Waals surface area contributed by atoms with Crippen molar-refractivity contribution in [2.45, 2.75) is 50.6 Å². The summed E-state index contributed by atoms with van der Waals surface area (Å²) in [6.07, 6.45) is 5.82. The number of oxazole rings is 1. The number of aliphatic hydroxyl groups is 1. The molecule has 2 N–H and O–H groups in total. The van der Waals surface area contributed by atoms with E-state index in [2.05, 4.69) is 25.3 Å². The molecule has 2 aliphatic heterocycles. The van der Waals surface area contributed by atoms with Crippen molar-refractivity contribution >= 4 is 28.7 Å². The molecule has 1 atom stereocenters.